The van der Waals surface area contributed by atoms with Crippen molar-refractivity contribution < 1.29 is 0 Å². The predicted molar refractivity (Wildman–Crippen MR) is 82.2 cm³/mol. The van der Waals surface area contributed by atoms with E-state index in [1.165, 1.54) is 5.56 Å². The first-order chi connectivity index (χ1) is 9.19. The van der Waals surface area contributed by atoms with E-state index in [1.807, 2.05) is 31.3 Å². The number of aromatic nitrogens is 3. The monoisotopic (exact) mass is 295 g/mol. The Morgan fingerprint density at radius 3 is 2.74 bits per heavy atom. The molecule has 2 rings (SSSR count). The lowest BCUT2D eigenvalue weighted by Crippen LogP contribution is -2.07. The summed E-state index contributed by atoms with van der Waals surface area (Å²) in [5, 5.41) is 12.4. The van der Waals surface area contributed by atoms with Crippen molar-refractivity contribution in [2.45, 2.75) is 17.0 Å². The van der Waals surface area contributed by atoms with Crippen LogP contribution in [0.5, 0.6) is 0 Å². The van der Waals surface area contributed by atoms with Crippen LogP contribution in [0, 0.1) is 0 Å². The van der Waals surface area contributed by atoms with E-state index < -0.39 is 0 Å². The van der Waals surface area contributed by atoms with E-state index in [0.717, 1.165) is 27.6 Å². The zero-order valence-electron chi connectivity index (χ0n) is 11.3. The molecule has 0 aliphatic rings. The van der Waals surface area contributed by atoms with Gasteiger partial charge in [0.05, 0.1) is 0 Å². The fraction of sp³-hybridized carbons (Fsp3) is 0.417. The van der Waals surface area contributed by atoms with Crippen LogP contribution in [0.4, 0.5) is 10.9 Å². The maximum Gasteiger partial charge on any atom is 0.208 e. The third-order valence-corrected chi connectivity index (χ3v) is 4.62. The third-order valence-electron chi connectivity index (χ3n) is 2.32. The molecule has 19 heavy (non-hydrogen) atoms. The standard InChI is InChI=1S/C12H17N5S2/c1-4-13-10-6-5-9(7-14-10)8-18-12-16-15-11(19-12)17(2)3/h5-7H,4,8H2,1-3H3,(H,13,14). The third kappa shape index (κ3) is 4.07. The largest absolute Gasteiger partial charge is 0.370 e. The Kier molecular flexibility index (Phi) is 4.98. The highest BCUT2D eigenvalue weighted by Gasteiger charge is 2.06. The van der Waals surface area contributed by atoms with Crippen LogP contribution in [-0.4, -0.2) is 35.8 Å². The Hall–Kier alpha value is -1.34. The van der Waals surface area contributed by atoms with Crippen LogP contribution in [0.3, 0.4) is 0 Å². The van der Waals surface area contributed by atoms with Crippen molar-refractivity contribution in [1.29, 1.82) is 0 Å². The van der Waals surface area contributed by atoms with Crippen LogP contribution in [0.15, 0.2) is 22.7 Å². The highest BCUT2D eigenvalue weighted by atomic mass is 32.2. The SMILES string of the molecule is CCNc1ccc(CSc2nnc(N(C)C)s2)cn1. The van der Waals surface area contributed by atoms with Gasteiger partial charge in [0.2, 0.25) is 5.13 Å². The first-order valence-electron chi connectivity index (χ1n) is 6.01. The molecule has 0 atom stereocenters. The molecule has 0 radical (unpaired) electrons. The van der Waals surface area contributed by atoms with E-state index in [2.05, 4.69) is 33.5 Å². The van der Waals surface area contributed by atoms with E-state index >= 15 is 0 Å². The minimum Gasteiger partial charge on any atom is -0.370 e. The molecule has 2 heterocycles. The van der Waals surface area contributed by atoms with Crippen molar-refractivity contribution in [3.05, 3.63) is 23.9 Å². The molecule has 0 aliphatic heterocycles. The van der Waals surface area contributed by atoms with Crippen LogP contribution in [0.1, 0.15) is 12.5 Å². The number of thioether (sulfide) groups is 1. The molecular weight excluding hydrogens is 278 g/mol. The van der Waals surface area contributed by atoms with Gasteiger partial charge >= 0.3 is 0 Å². The molecule has 0 aliphatic carbocycles. The molecule has 0 amide bonds. The van der Waals surface area contributed by atoms with E-state index in [0.29, 0.717) is 0 Å². The topological polar surface area (TPSA) is 53.9 Å². The molecule has 102 valence electrons. The van der Waals surface area contributed by atoms with Gasteiger partial charge in [-0.3, -0.25) is 0 Å². The van der Waals surface area contributed by atoms with Gasteiger partial charge in [0.25, 0.3) is 0 Å². The van der Waals surface area contributed by atoms with Gasteiger partial charge in [0.1, 0.15) is 5.82 Å². The molecular formula is C12H17N5S2. The van der Waals surface area contributed by atoms with Gasteiger partial charge in [-0.15, -0.1) is 10.2 Å². The minimum absolute atomic E-state index is 0.863. The first-order valence-corrected chi connectivity index (χ1v) is 7.81. The Labute approximate surface area is 121 Å². The summed E-state index contributed by atoms with van der Waals surface area (Å²) in [6.45, 7) is 2.95. The lowest BCUT2D eigenvalue weighted by molar-refractivity contribution is 0.972. The first kappa shape index (κ1) is 14.1. The van der Waals surface area contributed by atoms with Crippen LogP contribution in [0.2, 0.25) is 0 Å². The van der Waals surface area contributed by atoms with Crippen molar-refractivity contribution in [3.8, 4) is 0 Å². The summed E-state index contributed by atoms with van der Waals surface area (Å²) in [6, 6.07) is 4.09. The maximum absolute atomic E-state index is 4.35. The molecule has 0 saturated carbocycles. The molecule has 5 nitrogen and oxygen atoms in total. The van der Waals surface area contributed by atoms with Crippen LogP contribution >= 0.6 is 23.1 Å². The van der Waals surface area contributed by atoms with Gasteiger partial charge < -0.3 is 10.2 Å². The van der Waals surface area contributed by atoms with Crippen molar-refractivity contribution >= 4 is 34.0 Å². The van der Waals surface area contributed by atoms with Gasteiger partial charge in [0.15, 0.2) is 4.34 Å². The lowest BCUT2D eigenvalue weighted by Gasteiger charge is -2.04. The van der Waals surface area contributed by atoms with Gasteiger partial charge in [-0.2, -0.15) is 0 Å². The van der Waals surface area contributed by atoms with Gasteiger partial charge in [-0.1, -0.05) is 29.2 Å². The van der Waals surface area contributed by atoms with Crippen molar-refractivity contribution in [3.63, 3.8) is 0 Å². The molecule has 0 fully saturated rings. The summed E-state index contributed by atoms with van der Waals surface area (Å²) in [5.41, 5.74) is 1.19. The Morgan fingerprint density at radius 1 is 1.32 bits per heavy atom. The summed E-state index contributed by atoms with van der Waals surface area (Å²) in [6.07, 6.45) is 1.90. The molecule has 0 aromatic carbocycles. The average molecular weight is 295 g/mol. The molecule has 0 spiro atoms. The highest BCUT2D eigenvalue weighted by Crippen LogP contribution is 2.29. The second kappa shape index (κ2) is 6.72. The Morgan fingerprint density at radius 2 is 2.16 bits per heavy atom. The number of rotatable bonds is 6. The Balaban J connectivity index is 1.90. The zero-order chi connectivity index (χ0) is 13.7. The number of hydrogen-bond donors (Lipinski definition) is 1. The molecule has 0 unspecified atom stereocenters. The molecule has 0 saturated heterocycles. The Bertz CT molecular complexity index is 509. The number of anilines is 2. The van der Waals surface area contributed by atoms with Crippen molar-refractivity contribution in [1.82, 2.24) is 15.2 Å². The quantitative estimate of drug-likeness (QED) is 0.827. The number of nitrogens with zero attached hydrogens (tertiary/aromatic N) is 4. The van der Waals surface area contributed by atoms with Crippen LogP contribution in [-0.2, 0) is 5.75 Å². The smallest absolute Gasteiger partial charge is 0.208 e. The molecule has 1 N–H and O–H groups in total. The van der Waals surface area contributed by atoms with E-state index in [-0.39, 0.29) is 0 Å². The van der Waals surface area contributed by atoms with E-state index in [9.17, 15) is 0 Å². The fourth-order valence-electron chi connectivity index (χ4n) is 1.38. The van der Waals surface area contributed by atoms with Crippen LogP contribution in [0.25, 0.3) is 0 Å². The van der Waals surface area contributed by atoms with Crippen molar-refractivity contribution in [2.75, 3.05) is 30.9 Å². The van der Waals surface area contributed by atoms with Gasteiger partial charge in [-0.25, -0.2) is 4.98 Å². The maximum atomic E-state index is 4.35. The number of hydrogen-bond acceptors (Lipinski definition) is 7. The van der Waals surface area contributed by atoms with E-state index in [4.69, 9.17) is 0 Å². The fourth-order valence-corrected chi connectivity index (χ4v) is 3.08. The normalized spacial score (nSPS) is 10.5. The highest BCUT2D eigenvalue weighted by molar-refractivity contribution is 8.00. The predicted octanol–water partition coefficient (Wildman–Crippen LogP) is 2.72. The summed E-state index contributed by atoms with van der Waals surface area (Å²) < 4.78 is 0.986. The van der Waals surface area contributed by atoms with E-state index in [1.54, 1.807) is 23.1 Å². The molecule has 2 aromatic rings. The van der Waals surface area contributed by atoms with Crippen molar-refractivity contribution in [2.24, 2.45) is 0 Å². The summed E-state index contributed by atoms with van der Waals surface area (Å²) >= 11 is 3.29. The summed E-state index contributed by atoms with van der Waals surface area (Å²) in [5.74, 6) is 1.78. The minimum atomic E-state index is 0.863. The molecule has 0 bridgehead atoms. The lowest BCUT2D eigenvalue weighted by atomic mass is 10.3. The second-order valence-corrected chi connectivity index (χ2v) is 6.29. The van der Waals surface area contributed by atoms with Crippen LogP contribution < -0.4 is 10.2 Å². The average Bonchev–Trinajstić information content (AvgIpc) is 2.87. The molecule has 7 heteroatoms. The number of pyridine rings is 1. The number of nitrogens with one attached hydrogen (secondary N) is 1. The summed E-state index contributed by atoms with van der Waals surface area (Å²) in [4.78, 5) is 6.32. The zero-order valence-corrected chi connectivity index (χ0v) is 12.9. The van der Waals surface area contributed by atoms with Gasteiger partial charge in [-0.05, 0) is 18.6 Å². The molecule has 2 aromatic heterocycles. The summed E-state index contributed by atoms with van der Waals surface area (Å²) in [7, 11) is 3.94. The second-order valence-electron chi connectivity index (χ2n) is 4.12. The van der Waals surface area contributed by atoms with Gasteiger partial charge in [0, 0.05) is 32.6 Å².